The first-order valence-electron chi connectivity index (χ1n) is 12.3. The maximum Gasteiger partial charge on any atom is 0.146 e. The second kappa shape index (κ2) is 16.6. The zero-order chi connectivity index (χ0) is 26.9. The molecule has 1 aromatic carbocycles. The molecule has 4 nitrogen and oxygen atoms in total. The predicted molar refractivity (Wildman–Crippen MR) is 155 cm³/mol. The zero-order valence-electron chi connectivity index (χ0n) is 22.6. The van der Waals surface area contributed by atoms with E-state index >= 15 is 0 Å². The number of nitrogens with zero attached hydrogens (tertiary/aromatic N) is 2. The number of carbonyl (C=O) groups is 1. The Morgan fingerprint density at radius 2 is 1.78 bits per heavy atom. The fourth-order valence-electron chi connectivity index (χ4n) is 3.36. The number of hydrogen-bond donors (Lipinski definition) is 1. The summed E-state index contributed by atoms with van der Waals surface area (Å²) in [4.78, 5) is 16.4. The predicted octanol–water partition coefficient (Wildman–Crippen LogP) is 7.80. The molecule has 0 spiro atoms. The standard InChI is InChI=1S/C32H39N3O/c1-8-12-29(18-24(5)10-3)22-34-26(7)35-32(13-9-2)31(20-27(11-4)23-36)19-25(6)30-16-14-28(21-33)15-17-30/h8,10-19,23H,6,9,20,22H2,1-5,7H3,(H,34,35)/b12-8-,24-10-,27-11+,29-18+,31-19-,32-13+. The molecule has 0 aromatic heterocycles. The van der Waals surface area contributed by atoms with Crippen LogP contribution in [0.4, 0.5) is 0 Å². The van der Waals surface area contributed by atoms with Gasteiger partial charge in [-0.05, 0) is 87.1 Å². The topological polar surface area (TPSA) is 65.2 Å². The Morgan fingerprint density at radius 3 is 2.31 bits per heavy atom. The minimum atomic E-state index is 0.464. The first-order valence-corrected chi connectivity index (χ1v) is 12.3. The van der Waals surface area contributed by atoms with Crippen molar-refractivity contribution in [3.63, 3.8) is 0 Å². The second-order valence-electron chi connectivity index (χ2n) is 8.35. The highest BCUT2D eigenvalue weighted by Crippen LogP contribution is 2.24. The molecule has 0 radical (unpaired) electrons. The Kier molecular flexibility index (Phi) is 13.9. The number of rotatable bonds is 12. The summed E-state index contributed by atoms with van der Waals surface area (Å²) in [7, 11) is 0. The SMILES string of the molecule is C=C(/C=C(C/C(C=O)=C\C)\C(=C/CC)NC(C)=NCC(/C=C\C)=C/C(C)=C\C)c1ccc(C#N)cc1. The van der Waals surface area contributed by atoms with Crippen molar-refractivity contribution in [3.05, 3.63) is 112 Å². The number of aldehydes is 1. The van der Waals surface area contributed by atoms with E-state index in [1.54, 1.807) is 12.1 Å². The van der Waals surface area contributed by atoms with Gasteiger partial charge in [0.2, 0.25) is 0 Å². The molecule has 0 bridgehead atoms. The quantitative estimate of drug-likeness (QED) is 0.109. The number of aliphatic imine (C=N–C) groups is 1. The van der Waals surface area contributed by atoms with Crippen LogP contribution in [0.25, 0.3) is 5.57 Å². The maximum absolute atomic E-state index is 11.6. The molecule has 0 saturated carbocycles. The summed E-state index contributed by atoms with van der Waals surface area (Å²) in [6.45, 7) is 16.8. The lowest BCUT2D eigenvalue weighted by Crippen LogP contribution is -2.22. The van der Waals surface area contributed by atoms with Gasteiger partial charge in [-0.15, -0.1) is 0 Å². The van der Waals surface area contributed by atoms with E-state index in [0.29, 0.717) is 24.1 Å². The fraction of sp³-hybridized carbons (Fsp3) is 0.281. The van der Waals surface area contributed by atoms with Crippen molar-refractivity contribution < 1.29 is 4.79 Å². The van der Waals surface area contributed by atoms with Crippen LogP contribution < -0.4 is 5.32 Å². The number of allylic oxidation sites excluding steroid dienone is 10. The summed E-state index contributed by atoms with van der Waals surface area (Å²) < 4.78 is 0. The lowest BCUT2D eigenvalue weighted by molar-refractivity contribution is -0.105. The number of benzene rings is 1. The third kappa shape index (κ3) is 10.5. The Balaban J connectivity index is 3.35. The van der Waals surface area contributed by atoms with Gasteiger partial charge in [-0.3, -0.25) is 9.79 Å². The van der Waals surface area contributed by atoms with Gasteiger partial charge in [0.25, 0.3) is 0 Å². The maximum atomic E-state index is 11.6. The van der Waals surface area contributed by atoms with Crippen LogP contribution in [-0.2, 0) is 4.79 Å². The number of amidine groups is 1. The van der Waals surface area contributed by atoms with Crippen LogP contribution in [0.1, 0.15) is 65.5 Å². The summed E-state index contributed by atoms with van der Waals surface area (Å²) in [6, 6.07) is 9.46. The molecule has 0 amide bonds. The van der Waals surface area contributed by atoms with E-state index in [1.165, 1.54) is 5.57 Å². The smallest absolute Gasteiger partial charge is 0.146 e. The molecular formula is C32H39N3O. The Morgan fingerprint density at radius 1 is 1.08 bits per heavy atom. The summed E-state index contributed by atoms with van der Waals surface area (Å²) in [5.74, 6) is 0.784. The molecule has 0 aliphatic carbocycles. The van der Waals surface area contributed by atoms with Crippen LogP contribution in [-0.4, -0.2) is 18.7 Å². The van der Waals surface area contributed by atoms with Gasteiger partial charge in [-0.2, -0.15) is 5.26 Å². The molecule has 1 aromatic rings. The number of hydrogen-bond acceptors (Lipinski definition) is 3. The molecule has 0 unspecified atom stereocenters. The van der Waals surface area contributed by atoms with Gasteiger partial charge in [0.1, 0.15) is 6.29 Å². The fourth-order valence-corrected chi connectivity index (χ4v) is 3.36. The van der Waals surface area contributed by atoms with Crippen molar-refractivity contribution in [1.29, 1.82) is 5.26 Å². The van der Waals surface area contributed by atoms with E-state index in [1.807, 2.05) is 58.1 Å². The summed E-state index contributed by atoms with van der Waals surface area (Å²) >= 11 is 0. The highest BCUT2D eigenvalue weighted by molar-refractivity contribution is 5.84. The third-order valence-corrected chi connectivity index (χ3v) is 5.47. The lowest BCUT2D eigenvalue weighted by atomic mass is 9.96. The normalized spacial score (nSPS) is 14.1. The van der Waals surface area contributed by atoms with Crippen LogP contribution in [0, 0.1) is 11.3 Å². The first kappa shape index (κ1) is 30.1. The first-order chi connectivity index (χ1) is 17.3. The van der Waals surface area contributed by atoms with Crippen molar-refractivity contribution in [2.75, 3.05) is 6.54 Å². The minimum Gasteiger partial charge on any atom is -0.344 e. The molecule has 36 heavy (non-hydrogen) atoms. The molecule has 0 fully saturated rings. The molecule has 188 valence electrons. The average Bonchev–Trinajstić information content (AvgIpc) is 2.89. The van der Waals surface area contributed by atoms with Crippen molar-refractivity contribution in [1.82, 2.24) is 5.32 Å². The van der Waals surface area contributed by atoms with Crippen molar-refractivity contribution in [3.8, 4) is 6.07 Å². The van der Waals surface area contributed by atoms with Crippen LogP contribution in [0.3, 0.4) is 0 Å². The monoisotopic (exact) mass is 481 g/mol. The van der Waals surface area contributed by atoms with E-state index < -0.39 is 0 Å². The molecule has 4 heteroatoms. The molecule has 1 rings (SSSR count). The molecule has 1 N–H and O–H groups in total. The van der Waals surface area contributed by atoms with E-state index in [2.05, 4.69) is 56.1 Å². The van der Waals surface area contributed by atoms with Crippen LogP contribution >= 0.6 is 0 Å². The highest BCUT2D eigenvalue weighted by atomic mass is 16.1. The van der Waals surface area contributed by atoms with Gasteiger partial charge in [0.05, 0.1) is 24.0 Å². The molecule has 0 heterocycles. The van der Waals surface area contributed by atoms with E-state index in [-0.39, 0.29) is 0 Å². The van der Waals surface area contributed by atoms with Gasteiger partial charge in [-0.1, -0.05) is 67.7 Å². The van der Waals surface area contributed by atoms with Gasteiger partial charge < -0.3 is 5.32 Å². The third-order valence-electron chi connectivity index (χ3n) is 5.47. The Bertz CT molecular complexity index is 1160. The second-order valence-corrected chi connectivity index (χ2v) is 8.35. The lowest BCUT2D eigenvalue weighted by Gasteiger charge is -2.16. The van der Waals surface area contributed by atoms with E-state index in [4.69, 9.17) is 10.3 Å². The zero-order valence-corrected chi connectivity index (χ0v) is 22.6. The van der Waals surface area contributed by atoms with Crippen LogP contribution in [0.5, 0.6) is 0 Å². The van der Waals surface area contributed by atoms with Crippen molar-refractivity contribution >= 4 is 17.7 Å². The molecule has 0 saturated heterocycles. The van der Waals surface area contributed by atoms with Crippen molar-refractivity contribution in [2.24, 2.45) is 4.99 Å². The number of carbonyl (C=O) groups excluding carboxylic acids is 1. The molecule has 0 aliphatic rings. The van der Waals surface area contributed by atoms with E-state index in [0.717, 1.165) is 46.5 Å². The number of nitriles is 1. The van der Waals surface area contributed by atoms with Crippen molar-refractivity contribution in [2.45, 2.75) is 54.4 Å². The Hall–Kier alpha value is -3.97. The largest absolute Gasteiger partial charge is 0.344 e. The van der Waals surface area contributed by atoms with E-state index in [9.17, 15) is 4.79 Å². The summed E-state index contributed by atoms with van der Waals surface area (Å²) in [5.41, 5.74) is 7.16. The molecule has 0 aliphatic heterocycles. The summed E-state index contributed by atoms with van der Waals surface area (Å²) in [6.07, 6.45) is 16.4. The Labute approximate surface area is 217 Å². The van der Waals surface area contributed by atoms with Gasteiger partial charge >= 0.3 is 0 Å². The van der Waals surface area contributed by atoms with Gasteiger partial charge in [0.15, 0.2) is 0 Å². The number of nitrogens with one attached hydrogen (secondary N) is 1. The van der Waals surface area contributed by atoms with Gasteiger partial charge in [0, 0.05) is 12.1 Å². The highest BCUT2D eigenvalue weighted by Gasteiger charge is 2.10. The molecule has 0 atom stereocenters. The summed E-state index contributed by atoms with van der Waals surface area (Å²) in [5, 5.41) is 12.5. The molecular weight excluding hydrogens is 442 g/mol. The van der Waals surface area contributed by atoms with Crippen LogP contribution in [0.15, 0.2) is 106 Å². The average molecular weight is 482 g/mol. The minimum absolute atomic E-state index is 0.464. The van der Waals surface area contributed by atoms with Crippen LogP contribution in [0.2, 0.25) is 0 Å². The van der Waals surface area contributed by atoms with Gasteiger partial charge in [-0.25, -0.2) is 0 Å².